The van der Waals surface area contributed by atoms with Crippen LogP contribution in [0, 0.1) is 5.82 Å². The first-order valence-electron chi connectivity index (χ1n) is 6.49. The van der Waals surface area contributed by atoms with Crippen molar-refractivity contribution in [3.63, 3.8) is 0 Å². The first kappa shape index (κ1) is 14.8. The standard InChI is InChI=1S/C14H17FN2O2S/c1-9(11-3-5-12(15)6-4-11)20-10(2)13(18)17-8-7-16-14(17)19/h3-6,9-10H,7-8H2,1-2H3,(H,16,19). The number of hydrogen-bond donors (Lipinski definition) is 1. The molecule has 0 spiro atoms. The quantitative estimate of drug-likeness (QED) is 0.929. The Balaban J connectivity index is 1.96. The number of amides is 3. The molecular formula is C14H17FN2O2S. The average Bonchev–Trinajstić information content (AvgIpc) is 2.84. The van der Waals surface area contributed by atoms with Gasteiger partial charge in [0, 0.05) is 18.3 Å². The van der Waals surface area contributed by atoms with Crippen LogP contribution in [0.1, 0.15) is 24.7 Å². The monoisotopic (exact) mass is 296 g/mol. The smallest absolute Gasteiger partial charge is 0.324 e. The molecule has 1 fully saturated rings. The van der Waals surface area contributed by atoms with Crippen LogP contribution in [-0.4, -0.2) is 35.2 Å². The number of carbonyl (C=O) groups is 2. The molecule has 2 atom stereocenters. The van der Waals surface area contributed by atoms with Gasteiger partial charge in [0.25, 0.3) is 0 Å². The molecule has 4 nitrogen and oxygen atoms in total. The van der Waals surface area contributed by atoms with Crippen LogP contribution >= 0.6 is 11.8 Å². The Bertz CT molecular complexity index is 506. The van der Waals surface area contributed by atoms with E-state index in [0.717, 1.165) is 5.56 Å². The van der Waals surface area contributed by atoms with Gasteiger partial charge in [-0.3, -0.25) is 9.69 Å². The minimum atomic E-state index is -0.322. The normalized spacial score (nSPS) is 17.8. The molecule has 108 valence electrons. The lowest BCUT2D eigenvalue weighted by atomic mass is 10.2. The maximum absolute atomic E-state index is 12.9. The summed E-state index contributed by atoms with van der Waals surface area (Å²) in [6.07, 6.45) is 0. The minimum Gasteiger partial charge on any atom is -0.336 e. The van der Waals surface area contributed by atoms with Gasteiger partial charge in [-0.1, -0.05) is 12.1 Å². The van der Waals surface area contributed by atoms with E-state index in [0.29, 0.717) is 13.1 Å². The van der Waals surface area contributed by atoms with Crippen molar-refractivity contribution in [1.29, 1.82) is 0 Å². The molecule has 0 bridgehead atoms. The highest BCUT2D eigenvalue weighted by Crippen LogP contribution is 2.32. The molecule has 6 heteroatoms. The van der Waals surface area contributed by atoms with Crippen LogP contribution in [0.3, 0.4) is 0 Å². The largest absolute Gasteiger partial charge is 0.336 e. The maximum Gasteiger partial charge on any atom is 0.324 e. The van der Waals surface area contributed by atoms with Crippen molar-refractivity contribution in [2.75, 3.05) is 13.1 Å². The lowest BCUT2D eigenvalue weighted by molar-refractivity contribution is -0.126. The zero-order valence-electron chi connectivity index (χ0n) is 11.4. The third-order valence-corrected chi connectivity index (χ3v) is 4.51. The van der Waals surface area contributed by atoms with Crippen LogP contribution in [0.4, 0.5) is 9.18 Å². The van der Waals surface area contributed by atoms with E-state index in [-0.39, 0.29) is 28.3 Å². The van der Waals surface area contributed by atoms with Crippen molar-refractivity contribution in [2.45, 2.75) is 24.3 Å². The third-order valence-electron chi connectivity index (χ3n) is 3.22. The van der Waals surface area contributed by atoms with Gasteiger partial charge in [0.15, 0.2) is 0 Å². The van der Waals surface area contributed by atoms with E-state index >= 15 is 0 Å². The Hall–Kier alpha value is -1.56. The number of nitrogens with zero attached hydrogens (tertiary/aromatic N) is 1. The molecule has 1 aromatic rings. The van der Waals surface area contributed by atoms with Crippen molar-refractivity contribution >= 4 is 23.7 Å². The topological polar surface area (TPSA) is 49.4 Å². The van der Waals surface area contributed by atoms with Crippen molar-refractivity contribution in [1.82, 2.24) is 10.2 Å². The number of thioether (sulfide) groups is 1. The van der Waals surface area contributed by atoms with Crippen molar-refractivity contribution in [3.05, 3.63) is 35.6 Å². The second kappa shape index (κ2) is 6.26. The Morgan fingerprint density at radius 2 is 2.00 bits per heavy atom. The first-order valence-corrected chi connectivity index (χ1v) is 7.43. The average molecular weight is 296 g/mol. The van der Waals surface area contributed by atoms with Gasteiger partial charge in [0.2, 0.25) is 5.91 Å². The summed E-state index contributed by atoms with van der Waals surface area (Å²) < 4.78 is 12.9. The molecule has 1 heterocycles. The summed E-state index contributed by atoms with van der Waals surface area (Å²) >= 11 is 1.46. The van der Waals surface area contributed by atoms with E-state index in [1.54, 1.807) is 19.1 Å². The fraction of sp³-hybridized carbons (Fsp3) is 0.429. The second-order valence-electron chi connectivity index (χ2n) is 4.69. The second-order valence-corrected chi connectivity index (χ2v) is 6.38. The molecule has 0 saturated carbocycles. The zero-order chi connectivity index (χ0) is 14.7. The van der Waals surface area contributed by atoms with Gasteiger partial charge in [-0.05, 0) is 31.5 Å². The molecule has 0 radical (unpaired) electrons. The Morgan fingerprint density at radius 3 is 2.55 bits per heavy atom. The molecule has 1 aliphatic rings. The van der Waals surface area contributed by atoms with Crippen LogP contribution in [0.5, 0.6) is 0 Å². The lowest BCUT2D eigenvalue weighted by Gasteiger charge is -2.20. The highest BCUT2D eigenvalue weighted by molar-refractivity contribution is 8.00. The lowest BCUT2D eigenvalue weighted by Crippen LogP contribution is -2.39. The third kappa shape index (κ3) is 3.30. The predicted molar refractivity (Wildman–Crippen MR) is 77.0 cm³/mol. The fourth-order valence-electron chi connectivity index (χ4n) is 2.08. The predicted octanol–water partition coefficient (Wildman–Crippen LogP) is 2.56. The molecular weight excluding hydrogens is 279 g/mol. The fourth-order valence-corrected chi connectivity index (χ4v) is 3.25. The van der Waals surface area contributed by atoms with E-state index in [2.05, 4.69) is 5.32 Å². The summed E-state index contributed by atoms with van der Waals surface area (Å²) in [5, 5.41) is 2.35. The summed E-state index contributed by atoms with van der Waals surface area (Å²) in [6, 6.07) is 5.93. The van der Waals surface area contributed by atoms with E-state index in [1.165, 1.54) is 28.8 Å². The Labute approximate surface area is 121 Å². The van der Waals surface area contributed by atoms with Crippen LogP contribution in [0.15, 0.2) is 24.3 Å². The van der Waals surface area contributed by atoms with Crippen LogP contribution < -0.4 is 5.32 Å². The Morgan fingerprint density at radius 1 is 1.35 bits per heavy atom. The number of imide groups is 1. The van der Waals surface area contributed by atoms with Crippen LogP contribution in [-0.2, 0) is 4.79 Å². The summed E-state index contributed by atoms with van der Waals surface area (Å²) in [5.74, 6) is -0.456. The van der Waals surface area contributed by atoms with Crippen molar-refractivity contribution in [3.8, 4) is 0 Å². The summed E-state index contributed by atoms with van der Waals surface area (Å²) in [7, 11) is 0. The van der Waals surface area contributed by atoms with Gasteiger partial charge in [0.05, 0.1) is 5.25 Å². The minimum absolute atomic E-state index is 0.0558. The van der Waals surface area contributed by atoms with Gasteiger partial charge >= 0.3 is 6.03 Å². The zero-order valence-corrected chi connectivity index (χ0v) is 12.2. The molecule has 2 rings (SSSR count). The molecule has 1 N–H and O–H groups in total. The van der Waals surface area contributed by atoms with Crippen molar-refractivity contribution in [2.24, 2.45) is 0 Å². The van der Waals surface area contributed by atoms with Crippen LogP contribution in [0.2, 0.25) is 0 Å². The SMILES string of the molecule is CC(SC(C)c1ccc(F)cc1)C(=O)N1CCNC1=O. The van der Waals surface area contributed by atoms with Gasteiger partial charge in [-0.25, -0.2) is 9.18 Å². The molecule has 0 aliphatic carbocycles. The number of rotatable bonds is 4. The van der Waals surface area contributed by atoms with E-state index in [9.17, 15) is 14.0 Å². The van der Waals surface area contributed by atoms with Gasteiger partial charge in [0.1, 0.15) is 5.82 Å². The Kier molecular flexibility index (Phi) is 4.65. The molecule has 1 aliphatic heterocycles. The van der Waals surface area contributed by atoms with E-state index in [4.69, 9.17) is 0 Å². The molecule has 1 aromatic carbocycles. The summed E-state index contributed by atoms with van der Waals surface area (Å²) in [6.45, 7) is 4.69. The summed E-state index contributed by atoms with van der Waals surface area (Å²) in [4.78, 5) is 24.9. The molecule has 3 amide bonds. The van der Waals surface area contributed by atoms with Crippen molar-refractivity contribution < 1.29 is 14.0 Å². The number of hydrogen-bond acceptors (Lipinski definition) is 3. The molecule has 20 heavy (non-hydrogen) atoms. The molecule has 2 unspecified atom stereocenters. The van der Waals surface area contributed by atoms with E-state index < -0.39 is 0 Å². The number of halogens is 1. The van der Waals surface area contributed by atoms with Gasteiger partial charge < -0.3 is 5.32 Å². The van der Waals surface area contributed by atoms with E-state index in [1.807, 2.05) is 6.92 Å². The number of benzene rings is 1. The van der Waals surface area contributed by atoms with Gasteiger partial charge in [-0.15, -0.1) is 11.8 Å². The van der Waals surface area contributed by atoms with Crippen LogP contribution in [0.25, 0.3) is 0 Å². The number of nitrogens with one attached hydrogen (secondary N) is 1. The highest BCUT2D eigenvalue weighted by Gasteiger charge is 2.30. The molecule has 1 saturated heterocycles. The van der Waals surface area contributed by atoms with Gasteiger partial charge in [-0.2, -0.15) is 0 Å². The first-order chi connectivity index (χ1) is 9.49. The highest BCUT2D eigenvalue weighted by atomic mass is 32.2. The summed E-state index contributed by atoms with van der Waals surface area (Å²) in [5.41, 5.74) is 0.960. The molecule has 0 aromatic heterocycles. The maximum atomic E-state index is 12.9. The number of urea groups is 1. The number of carbonyl (C=O) groups excluding carboxylic acids is 2.